The lowest BCUT2D eigenvalue weighted by molar-refractivity contribution is 0.407. The van der Waals surface area contributed by atoms with Crippen LogP contribution in [-0.4, -0.2) is 49.1 Å². The third-order valence-corrected chi connectivity index (χ3v) is 5.93. The maximum Gasteiger partial charge on any atom is 0.297 e. The Bertz CT molecular complexity index is 1170. The molecule has 2 aromatic rings. The number of hydrogen-bond donors (Lipinski definition) is 5. The highest BCUT2D eigenvalue weighted by molar-refractivity contribution is 7.90. The Hall–Kier alpha value is -1.97. The van der Waals surface area contributed by atoms with Crippen LogP contribution < -0.4 is 0 Å². The first-order valence-corrected chi connectivity index (χ1v) is 9.92. The van der Waals surface area contributed by atoms with E-state index in [2.05, 4.69) is 0 Å². The second kappa shape index (κ2) is 5.27. The zero-order valence-corrected chi connectivity index (χ0v) is 13.6. The fourth-order valence-corrected chi connectivity index (χ4v) is 5.48. The molecule has 2 aromatic carbocycles. The van der Waals surface area contributed by atoms with Gasteiger partial charge in [0.25, 0.3) is 30.4 Å². The smallest absolute Gasteiger partial charge is 0.297 e. The standard InChI is InChI=1S/C10H8O11S3/c11-5-2-1-4-3-6(22(13,14)15)9(23(16,17)18)10(24(19,20)21)7(4)8(5)12/h1-3,11-12H,(H,13,14,15)(H,16,17,18)(H,19,20,21). The molecule has 0 unspecified atom stereocenters. The first kappa shape index (κ1) is 18.4. The molecule has 132 valence electrons. The molecule has 0 fully saturated rings. The van der Waals surface area contributed by atoms with Crippen LogP contribution in [0.15, 0.2) is 32.9 Å². The summed E-state index contributed by atoms with van der Waals surface area (Å²) in [6.07, 6.45) is 0. The number of fused-ring (bicyclic) bond motifs is 1. The van der Waals surface area contributed by atoms with E-state index in [0.717, 1.165) is 12.1 Å². The number of benzene rings is 2. The van der Waals surface area contributed by atoms with Crippen LogP contribution in [0.5, 0.6) is 11.5 Å². The summed E-state index contributed by atoms with van der Waals surface area (Å²) in [5.41, 5.74) is 0. The molecule has 0 aliphatic rings. The molecule has 0 atom stereocenters. The summed E-state index contributed by atoms with van der Waals surface area (Å²) in [7, 11) is -16.5. The van der Waals surface area contributed by atoms with Crippen LogP contribution in [0, 0.1) is 0 Å². The molecule has 0 bridgehead atoms. The molecule has 0 radical (unpaired) electrons. The molecule has 0 spiro atoms. The van der Waals surface area contributed by atoms with Crippen molar-refractivity contribution in [3.05, 3.63) is 18.2 Å². The molecule has 14 heteroatoms. The van der Waals surface area contributed by atoms with Crippen molar-refractivity contribution in [3.8, 4) is 11.5 Å². The van der Waals surface area contributed by atoms with E-state index in [-0.39, 0.29) is 0 Å². The Kier molecular flexibility index (Phi) is 4.03. The predicted molar refractivity (Wildman–Crippen MR) is 76.7 cm³/mol. The van der Waals surface area contributed by atoms with Crippen molar-refractivity contribution >= 4 is 41.1 Å². The quantitative estimate of drug-likeness (QED) is 0.342. The number of phenolic OH excluding ortho intramolecular Hbond substituents is 2. The summed E-state index contributed by atoms with van der Waals surface area (Å²) < 4.78 is 96.4. The van der Waals surface area contributed by atoms with Crippen LogP contribution in [0.4, 0.5) is 0 Å². The van der Waals surface area contributed by atoms with Crippen LogP contribution in [-0.2, 0) is 30.4 Å². The molecule has 0 saturated heterocycles. The van der Waals surface area contributed by atoms with Crippen molar-refractivity contribution in [2.45, 2.75) is 14.7 Å². The van der Waals surface area contributed by atoms with E-state index in [9.17, 15) is 44.6 Å². The molecule has 0 aromatic heterocycles. The van der Waals surface area contributed by atoms with Crippen LogP contribution in [0.3, 0.4) is 0 Å². The molecule has 11 nitrogen and oxygen atoms in total. The minimum absolute atomic E-state index is 0.432. The molecule has 0 amide bonds. The van der Waals surface area contributed by atoms with Gasteiger partial charge in [-0.05, 0) is 17.5 Å². The Morgan fingerprint density at radius 1 is 0.708 bits per heavy atom. The minimum Gasteiger partial charge on any atom is -0.504 e. The van der Waals surface area contributed by atoms with E-state index in [0.29, 0.717) is 6.07 Å². The van der Waals surface area contributed by atoms with E-state index in [4.69, 9.17) is 4.55 Å². The zero-order valence-electron chi connectivity index (χ0n) is 11.1. The molecule has 0 heterocycles. The van der Waals surface area contributed by atoms with E-state index >= 15 is 0 Å². The lowest BCUT2D eigenvalue weighted by Gasteiger charge is -2.14. The summed E-state index contributed by atoms with van der Waals surface area (Å²) in [6, 6.07) is 2.12. The second-order valence-electron chi connectivity index (χ2n) is 4.49. The summed E-state index contributed by atoms with van der Waals surface area (Å²) in [6.45, 7) is 0. The monoisotopic (exact) mass is 400 g/mol. The topological polar surface area (TPSA) is 204 Å². The highest BCUT2D eigenvalue weighted by atomic mass is 32.2. The highest BCUT2D eigenvalue weighted by Gasteiger charge is 2.36. The zero-order chi connectivity index (χ0) is 18.7. The van der Waals surface area contributed by atoms with Crippen LogP contribution in [0.2, 0.25) is 0 Å². The average molecular weight is 400 g/mol. The Morgan fingerprint density at radius 3 is 1.62 bits per heavy atom. The van der Waals surface area contributed by atoms with Gasteiger partial charge in [0.05, 0.1) is 5.39 Å². The Morgan fingerprint density at radius 2 is 1.21 bits per heavy atom. The maximum atomic E-state index is 11.6. The van der Waals surface area contributed by atoms with Crippen molar-refractivity contribution in [1.82, 2.24) is 0 Å². The van der Waals surface area contributed by atoms with Gasteiger partial charge in [-0.3, -0.25) is 13.7 Å². The van der Waals surface area contributed by atoms with Gasteiger partial charge < -0.3 is 10.2 Å². The van der Waals surface area contributed by atoms with Gasteiger partial charge in [0, 0.05) is 0 Å². The predicted octanol–water partition coefficient (Wildman–Crippen LogP) is -0.00890. The summed E-state index contributed by atoms with van der Waals surface area (Å²) in [5, 5.41) is 17.7. The van der Waals surface area contributed by atoms with Crippen LogP contribution in [0.25, 0.3) is 10.8 Å². The van der Waals surface area contributed by atoms with Gasteiger partial charge in [0.15, 0.2) is 11.5 Å². The Balaban J connectivity index is 3.42. The van der Waals surface area contributed by atoms with Gasteiger partial charge in [-0.25, -0.2) is 0 Å². The van der Waals surface area contributed by atoms with E-state index < -0.39 is 67.3 Å². The molecule has 24 heavy (non-hydrogen) atoms. The SMILES string of the molecule is O=S(=O)(O)c1cc2ccc(O)c(O)c2c(S(=O)(=O)O)c1S(=O)(=O)O. The molecular formula is C10H8O11S3. The molecule has 0 aliphatic carbocycles. The normalized spacial score (nSPS) is 13.3. The molecule has 5 N–H and O–H groups in total. The lowest BCUT2D eigenvalue weighted by Crippen LogP contribution is -2.15. The van der Waals surface area contributed by atoms with E-state index in [1.54, 1.807) is 0 Å². The van der Waals surface area contributed by atoms with Gasteiger partial charge >= 0.3 is 0 Å². The summed E-state index contributed by atoms with van der Waals surface area (Å²) >= 11 is 0. The van der Waals surface area contributed by atoms with Gasteiger partial charge in [-0.1, -0.05) is 6.07 Å². The summed E-state index contributed by atoms with van der Waals surface area (Å²) in [5.74, 6) is -2.12. The van der Waals surface area contributed by atoms with Gasteiger partial charge in [-0.15, -0.1) is 0 Å². The number of hydrogen-bond acceptors (Lipinski definition) is 8. The number of phenols is 2. The van der Waals surface area contributed by atoms with Crippen molar-refractivity contribution in [3.63, 3.8) is 0 Å². The van der Waals surface area contributed by atoms with Crippen molar-refractivity contribution in [2.24, 2.45) is 0 Å². The van der Waals surface area contributed by atoms with Crippen LogP contribution in [0.1, 0.15) is 0 Å². The number of aromatic hydroxyl groups is 2. The minimum atomic E-state index is -5.62. The first-order valence-electron chi connectivity index (χ1n) is 5.60. The van der Waals surface area contributed by atoms with Crippen molar-refractivity contribution < 1.29 is 49.1 Å². The van der Waals surface area contributed by atoms with Crippen molar-refractivity contribution in [2.75, 3.05) is 0 Å². The first-order chi connectivity index (χ1) is 10.7. The lowest BCUT2D eigenvalue weighted by atomic mass is 10.1. The third-order valence-electron chi connectivity index (χ3n) is 2.93. The average Bonchev–Trinajstić information content (AvgIpc) is 2.37. The van der Waals surface area contributed by atoms with E-state index in [1.807, 2.05) is 0 Å². The molecule has 0 aliphatic heterocycles. The number of rotatable bonds is 3. The van der Waals surface area contributed by atoms with Crippen LogP contribution >= 0.6 is 0 Å². The van der Waals surface area contributed by atoms with E-state index in [1.165, 1.54) is 0 Å². The largest absolute Gasteiger partial charge is 0.504 e. The second-order valence-corrected chi connectivity index (χ2v) is 8.60. The fourth-order valence-electron chi connectivity index (χ4n) is 2.07. The fraction of sp³-hybridized carbons (Fsp3) is 0. The highest BCUT2D eigenvalue weighted by Crippen LogP contribution is 2.42. The van der Waals surface area contributed by atoms with Crippen molar-refractivity contribution in [1.29, 1.82) is 0 Å². The third kappa shape index (κ3) is 3.02. The van der Waals surface area contributed by atoms with Gasteiger partial charge in [0.1, 0.15) is 14.7 Å². The summed E-state index contributed by atoms with van der Waals surface area (Å²) in [4.78, 5) is -5.14. The van der Waals surface area contributed by atoms with Gasteiger partial charge in [-0.2, -0.15) is 25.3 Å². The maximum absolute atomic E-state index is 11.6. The van der Waals surface area contributed by atoms with Gasteiger partial charge in [0.2, 0.25) is 0 Å². The molecule has 0 saturated carbocycles. The Labute approximate surface area is 135 Å². The molecule has 2 rings (SSSR count). The molecular weight excluding hydrogens is 392 g/mol.